The lowest BCUT2D eigenvalue weighted by Crippen LogP contribution is -2.61. The number of hydrogen-bond donors (Lipinski definition) is 4. The molecule has 3 fully saturated rings. The summed E-state index contributed by atoms with van der Waals surface area (Å²) in [5, 5.41) is 11.4. The first-order valence-electron chi connectivity index (χ1n) is 18.7. The highest BCUT2D eigenvalue weighted by Crippen LogP contribution is 2.27. The molecule has 6 amide bonds. The Balaban J connectivity index is 1.46. The molecule has 0 bridgehead atoms. The van der Waals surface area contributed by atoms with Gasteiger partial charge in [-0.05, 0) is 89.1 Å². The van der Waals surface area contributed by atoms with E-state index in [1.807, 2.05) is 26.0 Å². The third-order valence-electron chi connectivity index (χ3n) is 10.6. The number of esters is 1. The SMILES string of the molecule is Cc1ccc(NC(=O)NC(CNC2C(=O)N3CCCC3C(=O)N(C)C(C)C(=O)NC(C)C(=O)N3CC(C)CC3C(=O)OC2C)Cc2cc(F)cc(F)c2)cc1. The monoisotopic (exact) mass is 767 g/mol. The molecule has 8 unspecified atom stereocenters. The molecule has 0 aromatic heterocycles. The summed E-state index contributed by atoms with van der Waals surface area (Å²) in [7, 11) is 1.47. The molecule has 0 aliphatic carbocycles. The van der Waals surface area contributed by atoms with Crippen molar-refractivity contribution in [2.24, 2.45) is 5.92 Å². The maximum absolute atomic E-state index is 14.5. The van der Waals surface area contributed by atoms with Crippen LogP contribution in [-0.4, -0.2) is 119 Å². The minimum atomic E-state index is -1.26. The second-order valence-corrected chi connectivity index (χ2v) is 15.1. The summed E-state index contributed by atoms with van der Waals surface area (Å²) in [6.45, 7) is 8.70. The second-order valence-electron chi connectivity index (χ2n) is 15.1. The fraction of sp³-hybridized carbons (Fsp3) is 0.538. The van der Waals surface area contributed by atoms with Gasteiger partial charge < -0.3 is 40.7 Å². The maximum atomic E-state index is 14.5. The predicted molar refractivity (Wildman–Crippen MR) is 198 cm³/mol. The molecule has 2 aromatic carbocycles. The number of rotatable bonds is 7. The molecule has 55 heavy (non-hydrogen) atoms. The van der Waals surface area contributed by atoms with Crippen LogP contribution in [0.25, 0.3) is 0 Å². The van der Waals surface area contributed by atoms with Crippen molar-refractivity contribution < 1.29 is 42.3 Å². The first-order valence-corrected chi connectivity index (χ1v) is 18.7. The number of ether oxygens (including phenoxy) is 1. The molecule has 5 rings (SSSR count). The summed E-state index contributed by atoms with van der Waals surface area (Å²) in [6.07, 6.45) is -0.0740. The van der Waals surface area contributed by atoms with Gasteiger partial charge in [0.25, 0.3) is 0 Å². The van der Waals surface area contributed by atoms with Gasteiger partial charge in [0, 0.05) is 44.5 Å². The lowest BCUT2D eigenvalue weighted by molar-refractivity contribution is -0.162. The Morgan fingerprint density at radius 1 is 0.927 bits per heavy atom. The number of nitrogens with one attached hydrogen (secondary N) is 4. The highest BCUT2D eigenvalue weighted by Gasteiger charge is 2.45. The molecule has 298 valence electrons. The minimum absolute atomic E-state index is 0.0527. The number of aryl methyl sites for hydroxylation is 1. The van der Waals surface area contributed by atoms with E-state index in [0.29, 0.717) is 24.9 Å². The third kappa shape index (κ3) is 9.96. The minimum Gasteiger partial charge on any atom is -0.459 e. The van der Waals surface area contributed by atoms with Crippen LogP contribution in [0.4, 0.5) is 19.3 Å². The van der Waals surface area contributed by atoms with Crippen molar-refractivity contribution in [3.05, 3.63) is 65.2 Å². The molecule has 0 radical (unpaired) electrons. The van der Waals surface area contributed by atoms with Gasteiger partial charge >= 0.3 is 12.0 Å². The number of benzene rings is 2. The number of carbonyl (C=O) groups excluding carboxylic acids is 6. The van der Waals surface area contributed by atoms with Crippen LogP contribution in [0.3, 0.4) is 0 Å². The van der Waals surface area contributed by atoms with Crippen LogP contribution in [-0.2, 0) is 35.1 Å². The number of halogens is 2. The van der Waals surface area contributed by atoms with Gasteiger partial charge in [-0.2, -0.15) is 0 Å². The summed E-state index contributed by atoms with van der Waals surface area (Å²) in [5.41, 5.74) is 1.73. The highest BCUT2D eigenvalue weighted by molar-refractivity contribution is 5.96. The molecule has 8 atom stereocenters. The van der Waals surface area contributed by atoms with Gasteiger partial charge in [0.2, 0.25) is 23.6 Å². The number of amides is 6. The van der Waals surface area contributed by atoms with Gasteiger partial charge in [-0.3, -0.25) is 19.2 Å². The lowest BCUT2D eigenvalue weighted by Gasteiger charge is -2.36. The van der Waals surface area contributed by atoms with Gasteiger partial charge in [0.1, 0.15) is 47.9 Å². The van der Waals surface area contributed by atoms with Gasteiger partial charge in [0.05, 0.1) is 0 Å². The van der Waals surface area contributed by atoms with Crippen molar-refractivity contribution >= 4 is 41.3 Å². The molecule has 3 heterocycles. The van der Waals surface area contributed by atoms with E-state index in [0.717, 1.165) is 23.8 Å². The average Bonchev–Trinajstić information content (AvgIpc) is 3.77. The summed E-state index contributed by atoms with van der Waals surface area (Å²) in [5.74, 6) is -4.49. The number of hydrogen-bond acceptors (Lipinski definition) is 8. The van der Waals surface area contributed by atoms with Crippen LogP contribution in [0.2, 0.25) is 0 Å². The van der Waals surface area contributed by atoms with Gasteiger partial charge in [-0.15, -0.1) is 0 Å². The Labute approximate surface area is 319 Å². The number of urea groups is 1. The fourth-order valence-electron chi connectivity index (χ4n) is 7.46. The second kappa shape index (κ2) is 17.6. The smallest absolute Gasteiger partial charge is 0.329 e. The molecular formula is C39H51F2N7O7. The first-order chi connectivity index (χ1) is 26.0. The number of likely N-dealkylation sites (N-methyl/N-ethyl adjacent to an activating group) is 1. The Hall–Kier alpha value is -5.12. The van der Waals surface area contributed by atoms with Crippen molar-refractivity contribution in [1.29, 1.82) is 0 Å². The van der Waals surface area contributed by atoms with E-state index in [1.165, 1.54) is 42.5 Å². The third-order valence-corrected chi connectivity index (χ3v) is 10.6. The molecule has 0 spiro atoms. The van der Waals surface area contributed by atoms with Crippen LogP contribution in [0.15, 0.2) is 42.5 Å². The van der Waals surface area contributed by atoms with E-state index in [1.54, 1.807) is 12.1 Å². The quantitative estimate of drug-likeness (QED) is 0.312. The van der Waals surface area contributed by atoms with Crippen molar-refractivity contribution in [3.8, 4) is 0 Å². The van der Waals surface area contributed by atoms with E-state index >= 15 is 0 Å². The van der Waals surface area contributed by atoms with Crippen LogP contribution in [0, 0.1) is 24.5 Å². The molecule has 3 aliphatic heterocycles. The molecule has 0 saturated carbocycles. The van der Waals surface area contributed by atoms with E-state index < -0.39 is 89.6 Å². The molecule has 4 N–H and O–H groups in total. The Morgan fingerprint density at radius 3 is 2.27 bits per heavy atom. The van der Waals surface area contributed by atoms with Crippen LogP contribution >= 0.6 is 0 Å². The van der Waals surface area contributed by atoms with Crippen LogP contribution < -0.4 is 21.3 Å². The van der Waals surface area contributed by atoms with Crippen LogP contribution in [0.5, 0.6) is 0 Å². The van der Waals surface area contributed by atoms with Gasteiger partial charge in [-0.1, -0.05) is 24.6 Å². The van der Waals surface area contributed by atoms with Crippen molar-refractivity contribution in [2.75, 3.05) is 32.0 Å². The lowest BCUT2D eigenvalue weighted by atomic mass is 10.0. The van der Waals surface area contributed by atoms with Crippen molar-refractivity contribution in [2.45, 2.75) is 103 Å². The largest absolute Gasteiger partial charge is 0.459 e. The molecule has 2 aromatic rings. The Morgan fingerprint density at radius 2 is 1.60 bits per heavy atom. The van der Waals surface area contributed by atoms with E-state index in [4.69, 9.17) is 4.74 Å². The summed E-state index contributed by atoms with van der Waals surface area (Å²) in [4.78, 5) is 86.3. The molecule has 16 heteroatoms. The van der Waals surface area contributed by atoms with Gasteiger partial charge in [0.15, 0.2) is 0 Å². The zero-order valence-corrected chi connectivity index (χ0v) is 32.1. The maximum Gasteiger partial charge on any atom is 0.329 e. The van der Waals surface area contributed by atoms with Crippen molar-refractivity contribution in [1.82, 2.24) is 30.7 Å². The summed E-state index contributed by atoms with van der Waals surface area (Å²) < 4.78 is 34.5. The molecular weight excluding hydrogens is 716 g/mol. The van der Waals surface area contributed by atoms with Gasteiger partial charge in [-0.25, -0.2) is 18.4 Å². The molecule has 14 nitrogen and oxygen atoms in total. The number of anilines is 1. The van der Waals surface area contributed by atoms with E-state index in [-0.39, 0.29) is 37.5 Å². The summed E-state index contributed by atoms with van der Waals surface area (Å²) in [6, 6.07) is 3.50. The highest BCUT2D eigenvalue weighted by atomic mass is 19.1. The fourth-order valence-corrected chi connectivity index (χ4v) is 7.46. The van der Waals surface area contributed by atoms with Crippen LogP contribution in [0.1, 0.15) is 58.1 Å². The zero-order valence-electron chi connectivity index (χ0n) is 32.1. The zero-order chi connectivity index (χ0) is 40.1. The first kappa shape index (κ1) is 41.1. The van der Waals surface area contributed by atoms with Crippen molar-refractivity contribution in [3.63, 3.8) is 0 Å². The van der Waals surface area contributed by atoms with E-state index in [2.05, 4.69) is 21.3 Å². The number of carbonyl (C=O) groups is 6. The number of nitrogens with zero attached hydrogens (tertiary/aromatic N) is 3. The molecule has 3 saturated heterocycles. The number of fused-ring (bicyclic) bond motifs is 2. The van der Waals surface area contributed by atoms with E-state index in [9.17, 15) is 37.5 Å². The average molecular weight is 768 g/mol. The predicted octanol–water partition coefficient (Wildman–Crippen LogP) is 2.49. The molecule has 3 aliphatic rings. The Bertz CT molecular complexity index is 1760. The standard InChI is InChI=1S/C39H51F2N7O7/c1-21-9-11-29(12-10-21)44-39(54)45-30(17-26-15-27(40)18-28(41)16-26)19-42-33-25(5)55-38(53)32-14-22(2)20-48(32)35(50)23(3)43-34(49)24(4)46(6)36(51)31-8-7-13-47(31)37(33)52/h9-12,15-16,18,22-25,30-33,42H,7-8,13-14,17,19-20H2,1-6H3,(H,43,49)(H2,44,45,54). The normalized spacial score (nSPS) is 27.3. The Kier molecular flexibility index (Phi) is 13.1. The number of cyclic esters (lactones) is 1. The topological polar surface area (TPSA) is 169 Å². The summed E-state index contributed by atoms with van der Waals surface area (Å²) >= 11 is 0.